The Morgan fingerprint density at radius 3 is 2.40 bits per heavy atom. The first-order chi connectivity index (χ1) is 12.2. The van der Waals surface area contributed by atoms with Gasteiger partial charge in [0.05, 0.1) is 5.41 Å². The van der Waals surface area contributed by atoms with Crippen molar-refractivity contribution < 1.29 is 9.53 Å². The van der Waals surface area contributed by atoms with Crippen LogP contribution in [-0.2, 0) is 21.4 Å². The second-order valence-corrected chi connectivity index (χ2v) is 7.46. The van der Waals surface area contributed by atoms with Crippen LogP contribution in [0.5, 0.6) is 0 Å². The van der Waals surface area contributed by atoms with Gasteiger partial charge in [-0.2, -0.15) is 0 Å². The van der Waals surface area contributed by atoms with Crippen LogP contribution in [0.15, 0.2) is 59.1 Å². The van der Waals surface area contributed by atoms with Crippen molar-refractivity contribution in [1.29, 1.82) is 0 Å². The molecule has 1 aliphatic rings. The monoisotopic (exact) mass is 401 g/mol. The lowest BCUT2D eigenvalue weighted by atomic mass is 9.73. The molecule has 0 saturated carbocycles. The molecule has 0 unspecified atom stereocenters. The number of nitrogens with one attached hydrogen (secondary N) is 1. The van der Waals surface area contributed by atoms with Gasteiger partial charge < -0.3 is 10.1 Å². The molecule has 0 radical (unpaired) electrons. The number of halogens is 1. The molecule has 0 aliphatic carbocycles. The van der Waals surface area contributed by atoms with Gasteiger partial charge in [-0.05, 0) is 48.9 Å². The highest BCUT2D eigenvalue weighted by molar-refractivity contribution is 9.10. The minimum absolute atomic E-state index is 0.131. The van der Waals surface area contributed by atoms with Crippen molar-refractivity contribution in [3.05, 3.63) is 70.2 Å². The summed E-state index contributed by atoms with van der Waals surface area (Å²) in [5, 5.41) is 3.17. The molecule has 2 aromatic rings. The summed E-state index contributed by atoms with van der Waals surface area (Å²) in [6.07, 6.45) is 3.40. The van der Waals surface area contributed by atoms with Crippen LogP contribution < -0.4 is 5.32 Å². The fraction of sp³-hybridized carbons (Fsp3) is 0.381. The van der Waals surface area contributed by atoms with Crippen LogP contribution in [0, 0.1) is 0 Å². The van der Waals surface area contributed by atoms with E-state index in [4.69, 9.17) is 4.74 Å². The Hall–Kier alpha value is -1.65. The minimum atomic E-state index is -0.467. The first-order valence-electron chi connectivity index (χ1n) is 8.87. The van der Waals surface area contributed by atoms with E-state index >= 15 is 0 Å². The molecule has 3 rings (SSSR count). The van der Waals surface area contributed by atoms with E-state index in [1.54, 1.807) is 0 Å². The summed E-state index contributed by atoms with van der Waals surface area (Å²) < 4.78 is 6.54. The Labute approximate surface area is 157 Å². The molecule has 1 fully saturated rings. The van der Waals surface area contributed by atoms with Crippen molar-refractivity contribution in [3.8, 4) is 0 Å². The summed E-state index contributed by atoms with van der Waals surface area (Å²) in [5.41, 5.74) is 1.93. The number of amides is 1. The molecule has 0 bridgehead atoms. The van der Waals surface area contributed by atoms with E-state index < -0.39 is 5.41 Å². The number of hydrogen-bond acceptors (Lipinski definition) is 2. The van der Waals surface area contributed by atoms with Crippen LogP contribution in [0.4, 0.5) is 0 Å². The lowest BCUT2D eigenvalue weighted by Gasteiger charge is -2.36. The number of benzene rings is 2. The smallest absolute Gasteiger partial charge is 0.230 e. The lowest BCUT2D eigenvalue weighted by molar-refractivity contribution is -0.130. The molecule has 0 atom stereocenters. The molecule has 1 N–H and O–H groups in total. The van der Waals surface area contributed by atoms with Crippen molar-refractivity contribution in [1.82, 2.24) is 5.32 Å². The molecule has 2 aromatic carbocycles. The molecule has 0 aromatic heterocycles. The first-order valence-corrected chi connectivity index (χ1v) is 9.66. The third kappa shape index (κ3) is 4.50. The number of aryl methyl sites for hydroxylation is 1. The number of carbonyl (C=O) groups excluding carboxylic acids is 1. The Kier molecular flexibility index (Phi) is 6.27. The molecule has 1 amide bonds. The summed E-state index contributed by atoms with van der Waals surface area (Å²) in [6.45, 7) is 1.97. The molecular formula is C21H24BrNO2. The zero-order valence-corrected chi connectivity index (χ0v) is 15.9. The third-order valence-corrected chi connectivity index (χ3v) is 5.48. The van der Waals surface area contributed by atoms with Crippen LogP contribution in [0.3, 0.4) is 0 Å². The van der Waals surface area contributed by atoms with Crippen molar-refractivity contribution in [2.75, 3.05) is 19.8 Å². The topological polar surface area (TPSA) is 38.3 Å². The van der Waals surface area contributed by atoms with E-state index in [0.717, 1.165) is 35.7 Å². The summed E-state index contributed by atoms with van der Waals surface area (Å²) in [6, 6.07) is 18.5. The number of hydrogen-bond donors (Lipinski definition) is 1. The summed E-state index contributed by atoms with van der Waals surface area (Å²) in [7, 11) is 0. The third-order valence-electron chi connectivity index (χ3n) is 4.95. The molecule has 1 aliphatic heterocycles. The van der Waals surface area contributed by atoms with Gasteiger partial charge in [-0.15, -0.1) is 0 Å². The molecule has 132 valence electrons. The summed E-state index contributed by atoms with van der Waals surface area (Å²) in [4.78, 5) is 13.0. The van der Waals surface area contributed by atoms with Crippen molar-refractivity contribution >= 4 is 21.8 Å². The molecule has 1 heterocycles. The van der Waals surface area contributed by atoms with E-state index in [1.807, 2.05) is 18.2 Å². The zero-order chi connectivity index (χ0) is 17.5. The highest BCUT2D eigenvalue weighted by atomic mass is 79.9. The van der Waals surface area contributed by atoms with Crippen LogP contribution in [-0.4, -0.2) is 25.7 Å². The predicted octanol–water partition coefficient (Wildman–Crippen LogP) is 4.25. The van der Waals surface area contributed by atoms with Gasteiger partial charge in [-0.25, -0.2) is 0 Å². The van der Waals surface area contributed by atoms with Gasteiger partial charge in [0.2, 0.25) is 5.91 Å². The van der Waals surface area contributed by atoms with Gasteiger partial charge in [-0.3, -0.25) is 4.79 Å². The van der Waals surface area contributed by atoms with Crippen LogP contribution >= 0.6 is 15.9 Å². The summed E-state index contributed by atoms with van der Waals surface area (Å²) in [5.74, 6) is 0.131. The minimum Gasteiger partial charge on any atom is -0.381 e. The molecule has 25 heavy (non-hydrogen) atoms. The van der Waals surface area contributed by atoms with Crippen LogP contribution in [0.25, 0.3) is 0 Å². The van der Waals surface area contributed by atoms with E-state index in [0.29, 0.717) is 19.8 Å². The average molecular weight is 402 g/mol. The van der Waals surface area contributed by atoms with E-state index in [2.05, 4.69) is 57.6 Å². The molecule has 4 heteroatoms. The standard InChI is InChI=1S/C21H24BrNO2/c22-19-10-8-18(9-11-19)21(12-15-25-16-13-21)20(24)23-14-4-7-17-5-2-1-3-6-17/h1-3,5-6,8-11H,4,7,12-16H2,(H,23,24). The fourth-order valence-corrected chi connectivity index (χ4v) is 3.71. The fourth-order valence-electron chi connectivity index (χ4n) is 3.44. The van der Waals surface area contributed by atoms with Gasteiger partial charge >= 0.3 is 0 Å². The second kappa shape index (κ2) is 8.63. The van der Waals surface area contributed by atoms with Gasteiger partial charge in [0, 0.05) is 24.2 Å². The average Bonchev–Trinajstić information content (AvgIpc) is 2.67. The van der Waals surface area contributed by atoms with Crippen molar-refractivity contribution in [3.63, 3.8) is 0 Å². The maximum Gasteiger partial charge on any atom is 0.230 e. The Bertz CT molecular complexity index is 679. The van der Waals surface area contributed by atoms with Crippen molar-refractivity contribution in [2.45, 2.75) is 31.1 Å². The van der Waals surface area contributed by atoms with Crippen LogP contribution in [0.1, 0.15) is 30.4 Å². The van der Waals surface area contributed by atoms with E-state index in [9.17, 15) is 4.79 Å². The maximum atomic E-state index is 13.0. The Balaban J connectivity index is 1.62. The van der Waals surface area contributed by atoms with Gasteiger partial charge in [-0.1, -0.05) is 58.4 Å². The Morgan fingerprint density at radius 2 is 1.72 bits per heavy atom. The molecule has 0 spiro atoms. The normalized spacial score (nSPS) is 16.4. The SMILES string of the molecule is O=C(NCCCc1ccccc1)C1(c2ccc(Br)cc2)CCOCC1. The van der Waals surface area contributed by atoms with E-state index in [-0.39, 0.29) is 5.91 Å². The predicted molar refractivity (Wildman–Crippen MR) is 104 cm³/mol. The van der Waals surface area contributed by atoms with E-state index in [1.165, 1.54) is 5.56 Å². The molecule has 3 nitrogen and oxygen atoms in total. The number of carbonyl (C=O) groups is 1. The van der Waals surface area contributed by atoms with Gasteiger partial charge in [0.1, 0.15) is 0 Å². The first kappa shape index (κ1) is 18.2. The second-order valence-electron chi connectivity index (χ2n) is 6.55. The quantitative estimate of drug-likeness (QED) is 0.734. The maximum absolute atomic E-state index is 13.0. The zero-order valence-electron chi connectivity index (χ0n) is 14.3. The largest absolute Gasteiger partial charge is 0.381 e. The van der Waals surface area contributed by atoms with Gasteiger partial charge in [0.15, 0.2) is 0 Å². The number of ether oxygens (including phenoxy) is 1. The van der Waals surface area contributed by atoms with Crippen LogP contribution in [0.2, 0.25) is 0 Å². The Morgan fingerprint density at radius 1 is 1.04 bits per heavy atom. The molecular weight excluding hydrogens is 378 g/mol. The molecule has 1 saturated heterocycles. The van der Waals surface area contributed by atoms with Gasteiger partial charge in [0.25, 0.3) is 0 Å². The highest BCUT2D eigenvalue weighted by Crippen LogP contribution is 2.35. The van der Waals surface area contributed by atoms with Crippen molar-refractivity contribution in [2.24, 2.45) is 0 Å². The number of rotatable bonds is 6. The lowest BCUT2D eigenvalue weighted by Crippen LogP contribution is -2.48. The summed E-state index contributed by atoms with van der Waals surface area (Å²) >= 11 is 3.47. The highest BCUT2D eigenvalue weighted by Gasteiger charge is 2.41.